The fourth-order valence-corrected chi connectivity index (χ4v) is 2.10. The van der Waals surface area contributed by atoms with Gasteiger partial charge >= 0.3 is 0 Å². The monoisotopic (exact) mass is 223 g/mol. The maximum atomic E-state index is 5.73. The first-order valence-electron chi connectivity index (χ1n) is 6.15. The predicted molar refractivity (Wildman–Crippen MR) is 63.3 cm³/mol. The zero-order valence-corrected chi connectivity index (χ0v) is 9.91. The third-order valence-electron chi connectivity index (χ3n) is 3.33. The van der Waals surface area contributed by atoms with Crippen molar-refractivity contribution < 1.29 is 4.42 Å². The second-order valence-electron chi connectivity index (χ2n) is 4.69. The first kappa shape index (κ1) is 11.6. The van der Waals surface area contributed by atoms with Crippen LogP contribution in [-0.4, -0.2) is 24.6 Å². The summed E-state index contributed by atoms with van der Waals surface area (Å²) in [5, 5.41) is 3.37. The Balaban J connectivity index is 1.91. The van der Waals surface area contributed by atoms with Gasteiger partial charge in [0.1, 0.15) is 5.76 Å². The Hall–Kier alpha value is -0.870. The van der Waals surface area contributed by atoms with Crippen LogP contribution in [0.1, 0.15) is 37.3 Å². The number of nitrogens with one attached hydrogen (secondary N) is 1. The molecule has 1 aliphatic heterocycles. The number of rotatable bonds is 4. The van der Waals surface area contributed by atoms with Gasteiger partial charge in [-0.15, -0.1) is 0 Å². The van der Waals surface area contributed by atoms with E-state index in [9.17, 15) is 0 Å². The molecule has 0 amide bonds. The molecule has 1 aromatic heterocycles. The lowest BCUT2D eigenvalue weighted by Gasteiger charge is -2.20. The normalized spacial score (nSPS) is 19.9. The van der Waals surface area contributed by atoms with E-state index in [4.69, 9.17) is 10.2 Å². The van der Waals surface area contributed by atoms with Crippen LogP contribution in [0.3, 0.4) is 0 Å². The highest BCUT2D eigenvalue weighted by atomic mass is 16.4. The van der Waals surface area contributed by atoms with E-state index in [1.54, 1.807) is 0 Å². The number of hydrogen-bond donors (Lipinski definition) is 2. The van der Waals surface area contributed by atoms with Gasteiger partial charge in [-0.1, -0.05) is 6.92 Å². The quantitative estimate of drug-likeness (QED) is 0.807. The highest BCUT2D eigenvalue weighted by Gasteiger charge is 2.17. The number of hydrogen-bond acceptors (Lipinski definition) is 4. The van der Waals surface area contributed by atoms with Crippen molar-refractivity contribution in [3.05, 3.63) is 17.8 Å². The third-order valence-corrected chi connectivity index (χ3v) is 3.33. The number of oxazole rings is 1. The summed E-state index contributed by atoms with van der Waals surface area (Å²) in [6, 6.07) is 0. The molecule has 1 fully saturated rings. The van der Waals surface area contributed by atoms with Crippen molar-refractivity contribution in [2.45, 2.75) is 32.1 Å². The van der Waals surface area contributed by atoms with Gasteiger partial charge in [-0.2, -0.15) is 0 Å². The zero-order valence-electron chi connectivity index (χ0n) is 9.91. The maximum Gasteiger partial charge on any atom is 0.194 e. The SMILES string of the molecule is CC(CN)c1cnc(CC2CCNCC2)o1. The number of piperidine rings is 1. The lowest BCUT2D eigenvalue weighted by Crippen LogP contribution is -2.28. The summed E-state index contributed by atoms with van der Waals surface area (Å²) in [6.07, 6.45) is 5.25. The first-order valence-corrected chi connectivity index (χ1v) is 6.15. The minimum atomic E-state index is 0.272. The molecule has 16 heavy (non-hydrogen) atoms. The van der Waals surface area contributed by atoms with Crippen molar-refractivity contribution in [3.8, 4) is 0 Å². The Bertz CT molecular complexity index is 318. The van der Waals surface area contributed by atoms with Crippen LogP contribution in [0.4, 0.5) is 0 Å². The van der Waals surface area contributed by atoms with E-state index in [1.165, 1.54) is 12.8 Å². The molecule has 1 saturated heterocycles. The van der Waals surface area contributed by atoms with Crippen LogP contribution in [0.25, 0.3) is 0 Å². The summed E-state index contributed by atoms with van der Waals surface area (Å²) in [6.45, 7) is 4.92. The van der Waals surface area contributed by atoms with E-state index in [2.05, 4.69) is 17.2 Å². The van der Waals surface area contributed by atoms with Gasteiger partial charge in [0.25, 0.3) is 0 Å². The van der Waals surface area contributed by atoms with E-state index in [0.29, 0.717) is 6.54 Å². The Morgan fingerprint density at radius 2 is 2.31 bits per heavy atom. The Labute approximate surface area is 96.6 Å². The minimum Gasteiger partial charge on any atom is -0.445 e. The molecule has 0 aliphatic carbocycles. The lowest BCUT2D eigenvalue weighted by atomic mass is 9.95. The average Bonchev–Trinajstić information content (AvgIpc) is 2.78. The van der Waals surface area contributed by atoms with Crippen LogP contribution in [-0.2, 0) is 6.42 Å². The summed E-state index contributed by atoms with van der Waals surface area (Å²) >= 11 is 0. The molecule has 1 atom stereocenters. The summed E-state index contributed by atoms with van der Waals surface area (Å²) in [5.74, 6) is 2.80. The summed E-state index contributed by atoms with van der Waals surface area (Å²) < 4.78 is 5.73. The Morgan fingerprint density at radius 3 is 3.00 bits per heavy atom. The van der Waals surface area contributed by atoms with E-state index in [0.717, 1.165) is 37.1 Å². The third kappa shape index (κ3) is 2.83. The molecule has 3 N–H and O–H groups in total. The highest BCUT2D eigenvalue weighted by molar-refractivity contribution is 5.01. The fraction of sp³-hybridized carbons (Fsp3) is 0.750. The first-order chi connectivity index (χ1) is 7.79. The molecule has 1 aliphatic rings. The van der Waals surface area contributed by atoms with Gasteiger partial charge in [-0.05, 0) is 31.8 Å². The number of aromatic nitrogens is 1. The smallest absolute Gasteiger partial charge is 0.194 e. The fourth-order valence-electron chi connectivity index (χ4n) is 2.10. The Morgan fingerprint density at radius 1 is 1.56 bits per heavy atom. The van der Waals surface area contributed by atoms with Gasteiger partial charge < -0.3 is 15.5 Å². The van der Waals surface area contributed by atoms with Crippen molar-refractivity contribution in [2.24, 2.45) is 11.7 Å². The summed E-state index contributed by atoms with van der Waals surface area (Å²) in [4.78, 5) is 4.34. The largest absolute Gasteiger partial charge is 0.445 e. The van der Waals surface area contributed by atoms with Crippen LogP contribution in [0, 0.1) is 5.92 Å². The molecule has 0 bridgehead atoms. The zero-order chi connectivity index (χ0) is 11.4. The molecule has 0 spiro atoms. The second-order valence-corrected chi connectivity index (χ2v) is 4.69. The molecule has 2 heterocycles. The van der Waals surface area contributed by atoms with Crippen molar-refractivity contribution in [1.82, 2.24) is 10.3 Å². The molecular weight excluding hydrogens is 202 g/mol. The van der Waals surface area contributed by atoms with Crippen molar-refractivity contribution in [1.29, 1.82) is 0 Å². The molecule has 4 nitrogen and oxygen atoms in total. The molecule has 1 unspecified atom stereocenters. The molecule has 0 radical (unpaired) electrons. The van der Waals surface area contributed by atoms with E-state index >= 15 is 0 Å². The van der Waals surface area contributed by atoms with Gasteiger partial charge in [0.2, 0.25) is 0 Å². The summed E-state index contributed by atoms with van der Waals surface area (Å²) in [5.41, 5.74) is 5.60. The van der Waals surface area contributed by atoms with Crippen LogP contribution >= 0.6 is 0 Å². The molecule has 0 aromatic carbocycles. The van der Waals surface area contributed by atoms with Crippen LogP contribution < -0.4 is 11.1 Å². The van der Waals surface area contributed by atoms with Gasteiger partial charge in [-0.25, -0.2) is 4.98 Å². The van der Waals surface area contributed by atoms with Crippen LogP contribution in [0.15, 0.2) is 10.6 Å². The molecule has 1 aromatic rings. The Kier molecular flexibility index (Phi) is 3.96. The van der Waals surface area contributed by atoms with Crippen LogP contribution in [0.2, 0.25) is 0 Å². The van der Waals surface area contributed by atoms with Crippen molar-refractivity contribution in [3.63, 3.8) is 0 Å². The second kappa shape index (κ2) is 5.46. The molecule has 2 rings (SSSR count). The minimum absolute atomic E-state index is 0.272. The van der Waals surface area contributed by atoms with Crippen LogP contribution in [0.5, 0.6) is 0 Å². The molecule has 0 saturated carbocycles. The van der Waals surface area contributed by atoms with Crippen molar-refractivity contribution in [2.75, 3.05) is 19.6 Å². The van der Waals surface area contributed by atoms with E-state index < -0.39 is 0 Å². The highest BCUT2D eigenvalue weighted by Crippen LogP contribution is 2.20. The predicted octanol–water partition coefficient (Wildman–Crippen LogP) is 1.28. The molecule has 4 heteroatoms. The standard InChI is InChI=1S/C12H21N3O/c1-9(7-13)11-8-15-12(16-11)6-10-2-4-14-5-3-10/h8-10,14H,2-7,13H2,1H3. The van der Waals surface area contributed by atoms with E-state index in [1.807, 2.05) is 6.20 Å². The topological polar surface area (TPSA) is 64.1 Å². The van der Waals surface area contributed by atoms with Crippen molar-refractivity contribution >= 4 is 0 Å². The molecule has 90 valence electrons. The van der Waals surface area contributed by atoms with Gasteiger partial charge in [0, 0.05) is 18.9 Å². The molecular formula is C12H21N3O. The van der Waals surface area contributed by atoms with Gasteiger partial charge in [-0.3, -0.25) is 0 Å². The van der Waals surface area contributed by atoms with Gasteiger partial charge in [0.05, 0.1) is 6.20 Å². The number of nitrogens with zero attached hydrogens (tertiary/aromatic N) is 1. The summed E-state index contributed by atoms with van der Waals surface area (Å²) in [7, 11) is 0. The number of nitrogens with two attached hydrogens (primary N) is 1. The van der Waals surface area contributed by atoms with E-state index in [-0.39, 0.29) is 5.92 Å². The van der Waals surface area contributed by atoms with Gasteiger partial charge in [0.15, 0.2) is 5.89 Å². The lowest BCUT2D eigenvalue weighted by molar-refractivity contribution is 0.333. The maximum absolute atomic E-state index is 5.73. The average molecular weight is 223 g/mol.